The molecule has 5 heteroatoms. The zero-order chi connectivity index (χ0) is 15.3. The average Bonchev–Trinajstić information content (AvgIpc) is 2.75. The van der Waals surface area contributed by atoms with Gasteiger partial charge in [-0.3, -0.25) is 4.79 Å². The minimum atomic E-state index is -0.956. The number of hydrogen-bond donors (Lipinski definition) is 3. The number of carboxylic acids is 1. The first-order valence-electron chi connectivity index (χ1n) is 6.73. The van der Waals surface area contributed by atoms with Crippen LogP contribution < -0.4 is 5.73 Å². The van der Waals surface area contributed by atoms with Gasteiger partial charge in [0.2, 0.25) is 0 Å². The number of aryl methyl sites for hydroxylation is 1. The lowest BCUT2D eigenvalue weighted by atomic mass is 9.97. The Morgan fingerprint density at radius 2 is 2.10 bits per heavy atom. The second-order valence-corrected chi connectivity index (χ2v) is 4.37. The van der Waals surface area contributed by atoms with Crippen molar-refractivity contribution in [1.82, 2.24) is 4.98 Å². The number of rotatable bonds is 4. The molecule has 4 nitrogen and oxygen atoms in total. The fourth-order valence-corrected chi connectivity index (χ4v) is 2.17. The van der Waals surface area contributed by atoms with Gasteiger partial charge in [0.05, 0.1) is 5.92 Å². The number of aromatic amines is 1. The highest BCUT2D eigenvalue weighted by molar-refractivity contribution is 5.86. The highest BCUT2D eigenvalue weighted by Crippen LogP contribution is 2.27. The molecule has 1 unspecified atom stereocenters. The zero-order valence-corrected chi connectivity index (χ0v) is 12.0. The third-order valence-electron chi connectivity index (χ3n) is 3.17. The topological polar surface area (TPSA) is 79.1 Å². The molecule has 0 spiro atoms. The van der Waals surface area contributed by atoms with Gasteiger partial charge in [0.1, 0.15) is 5.82 Å². The van der Waals surface area contributed by atoms with Gasteiger partial charge in [-0.2, -0.15) is 0 Å². The lowest BCUT2D eigenvalue weighted by Gasteiger charge is -2.09. The molecule has 0 aliphatic heterocycles. The molecule has 2 rings (SSSR count). The standard InChI is InChI=1S/C13H15FN2O2.C2H6/c1-7-9(5-8(6-15)13(17)18)12-10(14)3-2-4-11(12)16-7;1-2/h2-4,8,16H,5-6,15H2,1H3,(H,17,18);1-2H3. The largest absolute Gasteiger partial charge is 0.481 e. The van der Waals surface area contributed by atoms with Crippen molar-refractivity contribution in [1.29, 1.82) is 0 Å². The van der Waals surface area contributed by atoms with Crippen molar-refractivity contribution < 1.29 is 14.3 Å². The Balaban J connectivity index is 0.000000956. The maximum Gasteiger partial charge on any atom is 0.308 e. The van der Waals surface area contributed by atoms with Crippen molar-refractivity contribution in [3.05, 3.63) is 35.3 Å². The van der Waals surface area contributed by atoms with Crippen LogP contribution in [0.15, 0.2) is 18.2 Å². The summed E-state index contributed by atoms with van der Waals surface area (Å²) in [6.07, 6.45) is 0.235. The first-order chi connectivity index (χ1) is 9.54. The van der Waals surface area contributed by atoms with Crippen LogP contribution in [0.4, 0.5) is 4.39 Å². The van der Waals surface area contributed by atoms with Gasteiger partial charge in [-0.15, -0.1) is 0 Å². The molecule has 0 saturated carbocycles. The molecule has 1 aromatic heterocycles. The van der Waals surface area contributed by atoms with Crippen molar-refractivity contribution in [2.45, 2.75) is 27.2 Å². The maximum atomic E-state index is 13.8. The summed E-state index contributed by atoms with van der Waals surface area (Å²) in [7, 11) is 0. The summed E-state index contributed by atoms with van der Waals surface area (Å²) in [5, 5.41) is 9.49. The minimum absolute atomic E-state index is 0.0376. The number of aliphatic carboxylic acids is 1. The fraction of sp³-hybridized carbons (Fsp3) is 0.400. The van der Waals surface area contributed by atoms with E-state index in [1.54, 1.807) is 12.1 Å². The summed E-state index contributed by atoms with van der Waals surface area (Å²) >= 11 is 0. The number of nitrogens with one attached hydrogen (secondary N) is 1. The Bertz CT molecular complexity index is 593. The van der Waals surface area contributed by atoms with Gasteiger partial charge >= 0.3 is 5.97 Å². The van der Waals surface area contributed by atoms with E-state index in [-0.39, 0.29) is 18.8 Å². The third-order valence-corrected chi connectivity index (χ3v) is 3.17. The summed E-state index contributed by atoms with van der Waals surface area (Å²) in [5.41, 5.74) is 7.60. The van der Waals surface area contributed by atoms with E-state index in [0.29, 0.717) is 16.5 Å². The van der Waals surface area contributed by atoms with E-state index in [2.05, 4.69) is 4.98 Å². The molecule has 20 heavy (non-hydrogen) atoms. The molecule has 0 aliphatic carbocycles. The summed E-state index contributed by atoms with van der Waals surface area (Å²) < 4.78 is 13.8. The van der Waals surface area contributed by atoms with Crippen molar-refractivity contribution >= 4 is 16.9 Å². The first-order valence-corrected chi connectivity index (χ1v) is 6.73. The van der Waals surface area contributed by atoms with Crippen LogP contribution in [0, 0.1) is 18.7 Å². The predicted octanol–water partition coefficient (Wildman–Crippen LogP) is 2.84. The summed E-state index contributed by atoms with van der Waals surface area (Å²) in [6, 6.07) is 4.76. The molecule has 0 fully saturated rings. The third kappa shape index (κ3) is 3.17. The minimum Gasteiger partial charge on any atom is -0.481 e. The average molecular weight is 280 g/mol. The number of halogens is 1. The van der Waals surface area contributed by atoms with Gasteiger partial charge in [0, 0.05) is 23.1 Å². The Morgan fingerprint density at radius 3 is 2.65 bits per heavy atom. The monoisotopic (exact) mass is 280 g/mol. The van der Waals surface area contributed by atoms with Crippen LogP contribution >= 0.6 is 0 Å². The molecule has 4 N–H and O–H groups in total. The van der Waals surface area contributed by atoms with E-state index in [1.807, 2.05) is 20.8 Å². The van der Waals surface area contributed by atoms with Crippen molar-refractivity contribution in [3.8, 4) is 0 Å². The molecule has 1 aromatic carbocycles. The molecular formula is C15H21FN2O2. The lowest BCUT2D eigenvalue weighted by molar-refractivity contribution is -0.141. The van der Waals surface area contributed by atoms with Gasteiger partial charge < -0.3 is 15.8 Å². The van der Waals surface area contributed by atoms with Crippen LogP contribution in [0.1, 0.15) is 25.1 Å². The summed E-state index contributed by atoms with van der Waals surface area (Å²) in [4.78, 5) is 14.1. The number of benzene rings is 1. The van der Waals surface area contributed by atoms with Crippen LogP contribution in [0.25, 0.3) is 10.9 Å². The highest BCUT2D eigenvalue weighted by Gasteiger charge is 2.21. The Morgan fingerprint density at radius 1 is 1.45 bits per heavy atom. The second kappa shape index (κ2) is 7.05. The van der Waals surface area contributed by atoms with Crippen molar-refractivity contribution in [3.63, 3.8) is 0 Å². The lowest BCUT2D eigenvalue weighted by Crippen LogP contribution is -2.25. The van der Waals surface area contributed by atoms with Crippen LogP contribution in [0.3, 0.4) is 0 Å². The molecule has 0 saturated heterocycles. The quantitative estimate of drug-likeness (QED) is 0.805. The van der Waals surface area contributed by atoms with Gasteiger partial charge in [-0.25, -0.2) is 4.39 Å². The predicted molar refractivity (Wildman–Crippen MR) is 78.2 cm³/mol. The van der Waals surface area contributed by atoms with Crippen LogP contribution in [-0.2, 0) is 11.2 Å². The normalized spacial score (nSPS) is 11.8. The Labute approximate surface area is 117 Å². The fourth-order valence-electron chi connectivity index (χ4n) is 2.17. The molecule has 1 heterocycles. The highest BCUT2D eigenvalue weighted by atomic mass is 19.1. The molecule has 110 valence electrons. The molecule has 0 bridgehead atoms. The molecule has 0 radical (unpaired) electrons. The van der Waals surface area contributed by atoms with E-state index < -0.39 is 11.9 Å². The first kappa shape index (κ1) is 16.2. The van der Waals surface area contributed by atoms with E-state index in [1.165, 1.54) is 6.07 Å². The molecule has 0 amide bonds. The summed E-state index contributed by atoms with van der Waals surface area (Å²) in [5.74, 6) is -1.99. The van der Waals surface area contributed by atoms with Crippen LogP contribution in [-0.4, -0.2) is 22.6 Å². The van der Waals surface area contributed by atoms with Gasteiger partial charge in [0.15, 0.2) is 0 Å². The van der Waals surface area contributed by atoms with Gasteiger partial charge in [-0.05, 0) is 31.0 Å². The molecule has 0 aliphatic rings. The summed E-state index contributed by atoms with van der Waals surface area (Å²) in [6.45, 7) is 5.85. The smallest absolute Gasteiger partial charge is 0.308 e. The van der Waals surface area contributed by atoms with Crippen molar-refractivity contribution in [2.24, 2.45) is 11.7 Å². The van der Waals surface area contributed by atoms with E-state index in [9.17, 15) is 9.18 Å². The number of nitrogens with two attached hydrogens (primary N) is 1. The molecular weight excluding hydrogens is 259 g/mol. The SMILES string of the molecule is CC.Cc1[nH]c2cccc(F)c2c1CC(CN)C(=O)O. The molecule has 1 atom stereocenters. The number of carboxylic acid groups (broad SMARTS) is 1. The van der Waals surface area contributed by atoms with Gasteiger partial charge in [0.25, 0.3) is 0 Å². The van der Waals surface area contributed by atoms with Crippen LogP contribution in [0.2, 0.25) is 0 Å². The van der Waals surface area contributed by atoms with Crippen molar-refractivity contribution in [2.75, 3.05) is 6.54 Å². The van der Waals surface area contributed by atoms with Crippen LogP contribution in [0.5, 0.6) is 0 Å². The number of aromatic nitrogens is 1. The number of hydrogen-bond acceptors (Lipinski definition) is 2. The van der Waals surface area contributed by atoms with E-state index >= 15 is 0 Å². The zero-order valence-electron chi connectivity index (χ0n) is 12.0. The number of fused-ring (bicyclic) bond motifs is 1. The second-order valence-electron chi connectivity index (χ2n) is 4.37. The number of carbonyl (C=O) groups is 1. The Kier molecular flexibility index (Phi) is 5.70. The maximum absolute atomic E-state index is 13.8. The van der Waals surface area contributed by atoms with E-state index in [0.717, 1.165) is 5.69 Å². The van der Waals surface area contributed by atoms with Gasteiger partial charge in [-0.1, -0.05) is 19.9 Å². The molecule has 2 aromatic rings. The Hall–Kier alpha value is -1.88. The van der Waals surface area contributed by atoms with E-state index in [4.69, 9.17) is 10.8 Å². The number of H-pyrrole nitrogens is 1.